The van der Waals surface area contributed by atoms with E-state index >= 15 is 0 Å². The van der Waals surface area contributed by atoms with Crippen molar-refractivity contribution in [3.63, 3.8) is 0 Å². The third-order valence-corrected chi connectivity index (χ3v) is 5.84. The van der Waals surface area contributed by atoms with Crippen molar-refractivity contribution in [1.29, 1.82) is 0 Å². The van der Waals surface area contributed by atoms with E-state index in [9.17, 15) is 14.7 Å². The van der Waals surface area contributed by atoms with Gasteiger partial charge in [0.25, 0.3) is 0 Å². The van der Waals surface area contributed by atoms with E-state index in [4.69, 9.17) is 9.47 Å². The molecule has 0 saturated heterocycles. The van der Waals surface area contributed by atoms with Crippen molar-refractivity contribution < 1.29 is 24.2 Å². The molecule has 0 amide bonds. The summed E-state index contributed by atoms with van der Waals surface area (Å²) in [6.07, 6.45) is 14.2. The average Bonchev–Trinajstić information content (AvgIpc) is 2.69. The predicted molar refractivity (Wildman–Crippen MR) is 99.5 cm³/mol. The van der Waals surface area contributed by atoms with E-state index < -0.39 is 6.10 Å². The lowest BCUT2D eigenvalue weighted by molar-refractivity contribution is -0.152. The van der Waals surface area contributed by atoms with Crippen molar-refractivity contribution in [2.45, 2.75) is 96.0 Å². The molecule has 0 spiro atoms. The second kappa shape index (κ2) is 12.3. The average molecular weight is 369 g/mol. The topological polar surface area (TPSA) is 72.8 Å². The Balaban J connectivity index is 1.47. The third kappa shape index (κ3) is 9.02. The smallest absolute Gasteiger partial charge is 0.305 e. The Labute approximate surface area is 157 Å². The Hall–Kier alpha value is -1.10. The van der Waals surface area contributed by atoms with Gasteiger partial charge in [-0.15, -0.1) is 0 Å². The van der Waals surface area contributed by atoms with Crippen LogP contribution in [0.3, 0.4) is 0 Å². The van der Waals surface area contributed by atoms with Gasteiger partial charge in [0.05, 0.1) is 0 Å². The Morgan fingerprint density at radius 3 is 1.50 bits per heavy atom. The maximum atomic E-state index is 11.8. The summed E-state index contributed by atoms with van der Waals surface area (Å²) in [7, 11) is 0. The molecule has 2 aliphatic carbocycles. The molecule has 1 N–H and O–H groups in total. The summed E-state index contributed by atoms with van der Waals surface area (Å²) in [6.45, 7) is -0.196. The van der Waals surface area contributed by atoms with Gasteiger partial charge in [0.2, 0.25) is 0 Å². The van der Waals surface area contributed by atoms with Gasteiger partial charge >= 0.3 is 11.9 Å². The van der Waals surface area contributed by atoms with Gasteiger partial charge in [0.1, 0.15) is 19.3 Å². The minimum absolute atomic E-state index is 0.0978. The molecule has 0 aromatic rings. The number of carbonyl (C=O) groups excluding carboxylic acids is 2. The fraction of sp³-hybridized carbons (Fsp3) is 0.905. The summed E-state index contributed by atoms with van der Waals surface area (Å²) in [4.78, 5) is 23.5. The molecular formula is C21H36O5. The molecule has 0 aromatic carbocycles. The molecule has 2 aliphatic rings. The maximum Gasteiger partial charge on any atom is 0.305 e. The fourth-order valence-corrected chi connectivity index (χ4v) is 4.17. The summed E-state index contributed by atoms with van der Waals surface area (Å²) in [5, 5.41) is 9.83. The van der Waals surface area contributed by atoms with Gasteiger partial charge in [0.15, 0.2) is 0 Å². The number of aliphatic hydroxyl groups is 1. The number of carbonyl (C=O) groups is 2. The van der Waals surface area contributed by atoms with Crippen molar-refractivity contribution in [3.8, 4) is 0 Å². The highest BCUT2D eigenvalue weighted by Crippen LogP contribution is 2.28. The van der Waals surface area contributed by atoms with Crippen LogP contribution in [0.25, 0.3) is 0 Å². The maximum absolute atomic E-state index is 11.8. The summed E-state index contributed by atoms with van der Waals surface area (Å²) in [5.74, 6) is 0.759. The molecule has 0 aromatic heterocycles. The Morgan fingerprint density at radius 2 is 1.12 bits per heavy atom. The van der Waals surface area contributed by atoms with E-state index in [1.807, 2.05) is 0 Å². The number of aliphatic hydroxyl groups excluding tert-OH is 1. The molecule has 0 bridgehead atoms. The highest BCUT2D eigenvalue weighted by Gasteiger charge is 2.18. The standard InChI is InChI=1S/C21H36O5/c22-19(15-25-20(23)13-11-17-7-3-1-4-8-17)16-26-21(24)14-12-18-9-5-2-6-10-18/h17-19,22H,1-16H2. The number of ether oxygens (including phenoxy) is 2. The molecular weight excluding hydrogens is 332 g/mol. The van der Waals surface area contributed by atoms with Crippen molar-refractivity contribution in [2.24, 2.45) is 11.8 Å². The monoisotopic (exact) mass is 368 g/mol. The van der Waals surface area contributed by atoms with Gasteiger partial charge in [-0.3, -0.25) is 9.59 Å². The lowest BCUT2D eigenvalue weighted by Crippen LogP contribution is -2.25. The number of rotatable bonds is 10. The van der Waals surface area contributed by atoms with Crippen molar-refractivity contribution in [3.05, 3.63) is 0 Å². The van der Waals surface area contributed by atoms with E-state index in [0.717, 1.165) is 12.8 Å². The van der Waals surface area contributed by atoms with Crippen LogP contribution in [-0.2, 0) is 19.1 Å². The summed E-state index contributed by atoms with van der Waals surface area (Å²) >= 11 is 0. The van der Waals surface area contributed by atoms with Crippen molar-refractivity contribution in [1.82, 2.24) is 0 Å². The van der Waals surface area contributed by atoms with E-state index in [2.05, 4.69) is 0 Å². The molecule has 2 saturated carbocycles. The first-order valence-corrected chi connectivity index (χ1v) is 10.6. The first kappa shape index (κ1) is 21.2. The van der Waals surface area contributed by atoms with E-state index in [1.54, 1.807) is 0 Å². The van der Waals surface area contributed by atoms with Crippen LogP contribution in [0.4, 0.5) is 0 Å². The van der Waals surface area contributed by atoms with Crippen LogP contribution in [0.2, 0.25) is 0 Å². The number of esters is 2. The van der Waals surface area contributed by atoms with Gasteiger partial charge in [0, 0.05) is 12.8 Å². The van der Waals surface area contributed by atoms with Crippen molar-refractivity contribution >= 4 is 11.9 Å². The van der Waals surface area contributed by atoms with Gasteiger partial charge in [-0.25, -0.2) is 0 Å². The Bertz CT molecular complexity index is 373. The normalized spacial score (nSPS) is 19.5. The Morgan fingerprint density at radius 1 is 0.731 bits per heavy atom. The quantitative estimate of drug-likeness (QED) is 0.586. The summed E-state index contributed by atoms with van der Waals surface area (Å²) in [6, 6.07) is 0. The molecule has 0 heterocycles. The van der Waals surface area contributed by atoms with Crippen LogP contribution in [0.1, 0.15) is 89.9 Å². The van der Waals surface area contributed by atoms with Crippen LogP contribution in [0.15, 0.2) is 0 Å². The van der Waals surface area contributed by atoms with Crippen LogP contribution >= 0.6 is 0 Å². The molecule has 0 atom stereocenters. The van der Waals surface area contributed by atoms with Crippen LogP contribution < -0.4 is 0 Å². The highest BCUT2D eigenvalue weighted by atomic mass is 16.6. The molecule has 0 aliphatic heterocycles. The SMILES string of the molecule is O=C(CCC1CCCCC1)OCC(O)COC(=O)CCC1CCCCC1. The van der Waals surface area contributed by atoms with Crippen LogP contribution in [-0.4, -0.2) is 36.4 Å². The molecule has 26 heavy (non-hydrogen) atoms. The highest BCUT2D eigenvalue weighted by molar-refractivity contribution is 5.69. The third-order valence-electron chi connectivity index (χ3n) is 5.84. The zero-order chi connectivity index (χ0) is 18.6. The fourth-order valence-electron chi connectivity index (χ4n) is 4.17. The Kier molecular flexibility index (Phi) is 10.0. The second-order valence-corrected chi connectivity index (χ2v) is 8.11. The van der Waals surface area contributed by atoms with E-state index in [1.165, 1.54) is 64.2 Å². The largest absolute Gasteiger partial charge is 0.463 e. The van der Waals surface area contributed by atoms with E-state index in [-0.39, 0.29) is 25.2 Å². The van der Waals surface area contributed by atoms with Gasteiger partial charge in [-0.1, -0.05) is 64.2 Å². The zero-order valence-electron chi connectivity index (χ0n) is 16.1. The predicted octanol–water partition coefficient (Wildman–Crippen LogP) is 4.15. The van der Waals surface area contributed by atoms with Crippen molar-refractivity contribution in [2.75, 3.05) is 13.2 Å². The van der Waals surface area contributed by atoms with Crippen LogP contribution in [0, 0.1) is 11.8 Å². The molecule has 0 unspecified atom stereocenters. The number of hydrogen-bond donors (Lipinski definition) is 1. The molecule has 5 nitrogen and oxygen atoms in total. The molecule has 2 fully saturated rings. The van der Waals surface area contributed by atoms with Crippen LogP contribution in [0.5, 0.6) is 0 Å². The summed E-state index contributed by atoms with van der Waals surface area (Å²) < 4.78 is 10.2. The molecule has 0 radical (unpaired) electrons. The summed E-state index contributed by atoms with van der Waals surface area (Å²) in [5.41, 5.74) is 0. The van der Waals surface area contributed by atoms with Gasteiger partial charge in [-0.05, 0) is 24.7 Å². The second-order valence-electron chi connectivity index (χ2n) is 8.11. The minimum atomic E-state index is -0.938. The first-order valence-electron chi connectivity index (χ1n) is 10.6. The lowest BCUT2D eigenvalue weighted by Gasteiger charge is -2.21. The molecule has 5 heteroatoms. The lowest BCUT2D eigenvalue weighted by atomic mass is 9.86. The van der Waals surface area contributed by atoms with E-state index in [0.29, 0.717) is 24.7 Å². The zero-order valence-corrected chi connectivity index (χ0v) is 16.1. The molecule has 2 rings (SSSR count). The number of hydrogen-bond acceptors (Lipinski definition) is 5. The first-order chi connectivity index (χ1) is 12.6. The van der Waals surface area contributed by atoms with Gasteiger partial charge in [-0.2, -0.15) is 0 Å². The molecule has 150 valence electrons. The minimum Gasteiger partial charge on any atom is -0.463 e. The van der Waals surface area contributed by atoms with Gasteiger partial charge < -0.3 is 14.6 Å².